The van der Waals surface area contributed by atoms with Crippen LogP contribution < -0.4 is 5.32 Å². The van der Waals surface area contributed by atoms with Crippen molar-refractivity contribution >= 4 is 23.9 Å². The maximum absolute atomic E-state index is 12.2. The fourth-order valence-corrected chi connectivity index (χ4v) is 2.67. The van der Waals surface area contributed by atoms with Crippen molar-refractivity contribution in [3.8, 4) is 0 Å². The molecule has 0 saturated carbocycles. The Morgan fingerprint density at radius 3 is 2.82 bits per heavy atom. The lowest BCUT2D eigenvalue weighted by molar-refractivity contribution is -0.144. The minimum atomic E-state index is -1.24. The lowest BCUT2D eigenvalue weighted by Gasteiger charge is -2.19. The average molecular weight is 311 g/mol. The molecule has 22 heavy (non-hydrogen) atoms. The molecule has 2 aliphatic rings. The number of ketones is 1. The van der Waals surface area contributed by atoms with Crippen molar-refractivity contribution in [2.75, 3.05) is 19.8 Å². The first-order valence-electron chi connectivity index (χ1n) is 6.95. The monoisotopic (exact) mass is 311 g/mol. The third-order valence-electron chi connectivity index (χ3n) is 3.88. The molecule has 9 nitrogen and oxygen atoms in total. The van der Waals surface area contributed by atoms with E-state index in [2.05, 4.69) is 10.1 Å². The van der Waals surface area contributed by atoms with Gasteiger partial charge in [-0.05, 0) is 6.42 Å². The van der Waals surface area contributed by atoms with Crippen molar-refractivity contribution in [1.82, 2.24) is 5.32 Å². The Morgan fingerprint density at radius 1 is 1.36 bits per heavy atom. The SMILES string of the molecule is [N-]=[N+]=CC(=O)CCC(NC(=O)[C@@H]1OCC2COCC21)C(=O)O. The van der Waals surface area contributed by atoms with Crippen molar-refractivity contribution in [3.63, 3.8) is 0 Å². The first-order valence-corrected chi connectivity index (χ1v) is 6.95. The topological polar surface area (TPSA) is 138 Å². The van der Waals surface area contributed by atoms with E-state index >= 15 is 0 Å². The second kappa shape index (κ2) is 7.26. The van der Waals surface area contributed by atoms with Crippen LogP contribution in [0.3, 0.4) is 0 Å². The molecule has 0 bridgehead atoms. The molecule has 2 rings (SSSR count). The Balaban J connectivity index is 1.90. The van der Waals surface area contributed by atoms with Crippen LogP contribution in [0.5, 0.6) is 0 Å². The molecule has 2 aliphatic heterocycles. The number of carboxylic acid groups (broad SMARTS) is 1. The van der Waals surface area contributed by atoms with E-state index in [9.17, 15) is 14.4 Å². The predicted molar refractivity (Wildman–Crippen MR) is 71.0 cm³/mol. The third-order valence-corrected chi connectivity index (χ3v) is 3.88. The Labute approximate surface area is 126 Å². The summed E-state index contributed by atoms with van der Waals surface area (Å²) >= 11 is 0. The van der Waals surface area contributed by atoms with Crippen molar-refractivity contribution in [2.45, 2.75) is 25.0 Å². The van der Waals surface area contributed by atoms with Crippen LogP contribution in [0, 0.1) is 11.8 Å². The van der Waals surface area contributed by atoms with E-state index < -0.39 is 29.8 Å². The molecule has 2 saturated heterocycles. The molecule has 9 heteroatoms. The van der Waals surface area contributed by atoms with E-state index in [1.807, 2.05) is 0 Å². The van der Waals surface area contributed by atoms with Gasteiger partial charge in [0.15, 0.2) is 0 Å². The number of ether oxygens (including phenoxy) is 2. The van der Waals surface area contributed by atoms with Gasteiger partial charge in [0, 0.05) is 18.3 Å². The van der Waals surface area contributed by atoms with Gasteiger partial charge in [-0.3, -0.25) is 9.59 Å². The number of hydrogen-bond acceptors (Lipinski definition) is 5. The van der Waals surface area contributed by atoms with Gasteiger partial charge in [0.2, 0.25) is 11.7 Å². The molecule has 0 aromatic carbocycles. The van der Waals surface area contributed by atoms with Crippen molar-refractivity contribution in [3.05, 3.63) is 5.53 Å². The number of carboxylic acids is 1. The summed E-state index contributed by atoms with van der Waals surface area (Å²) in [6, 6.07) is -1.20. The summed E-state index contributed by atoms with van der Waals surface area (Å²) in [5.74, 6) is -2.16. The summed E-state index contributed by atoms with van der Waals surface area (Å²) in [7, 11) is 0. The van der Waals surface area contributed by atoms with Gasteiger partial charge < -0.3 is 25.4 Å². The van der Waals surface area contributed by atoms with Crippen LogP contribution in [0.25, 0.3) is 5.53 Å². The van der Waals surface area contributed by atoms with Gasteiger partial charge in [0.1, 0.15) is 12.1 Å². The highest BCUT2D eigenvalue weighted by molar-refractivity contribution is 6.25. The number of nitrogens with zero attached hydrogens (tertiary/aromatic N) is 2. The van der Waals surface area contributed by atoms with Crippen LogP contribution in [-0.2, 0) is 23.9 Å². The Bertz CT molecular complexity index is 516. The number of carbonyl (C=O) groups excluding carboxylic acids is 2. The van der Waals surface area contributed by atoms with E-state index in [4.69, 9.17) is 20.1 Å². The van der Waals surface area contributed by atoms with E-state index in [0.717, 1.165) is 0 Å². The quantitative estimate of drug-likeness (QED) is 0.346. The van der Waals surface area contributed by atoms with Crippen molar-refractivity contribution in [1.29, 1.82) is 0 Å². The summed E-state index contributed by atoms with van der Waals surface area (Å²) in [5.41, 5.74) is 8.22. The Hall–Kier alpha value is -2.09. The molecule has 0 aromatic rings. The molecular weight excluding hydrogens is 294 g/mol. The van der Waals surface area contributed by atoms with Crippen LogP contribution in [0.4, 0.5) is 0 Å². The molecule has 2 N–H and O–H groups in total. The Morgan fingerprint density at radius 2 is 2.14 bits per heavy atom. The first kappa shape index (κ1) is 16.3. The number of hydrogen-bond donors (Lipinski definition) is 2. The van der Waals surface area contributed by atoms with Crippen molar-refractivity contribution in [2.24, 2.45) is 11.8 Å². The minimum Gasteiger partial charge on any atom is -0.480 e. The number of rotatable bonds is 7. The zero-order valence-electron chi connectivity index (χ0n) is 11.8. The lowest BCUT2D eigenvalue weighted by atomic mass is 9.94. The second-order valence-electron chi connectivity index (χ2n) is 5.36. The number of carbonyl (C=O) groups is 3. The second-order valence-corrected chi connectivity index (χ2v) is 5.36. The molecule has 3 unspecified atom stereocenters. The van der Waals surface area contributed by atoms with Gasteiger partial charge in [0.25, 0.3) is 0 Å². The number of fused-ring (bicyclic) bond motifs is 1. The summed E-state index contributed by atoms with van der Waals surface area (Å²) < 4.78 is 10.7. The molecule has 0 radical (unpaired) electrons. The highest BCUT2D eigenvalue weighted by Crippen LogP contribution is 2.32. The maximum atomic E-state index is 12.2. The summed E-state index contributed by atoms with van der Waals surface area (Å²) in [5, 5.41) is 11.5. The summed E-state index contributed by atoms with van der Waals surface area (Å²) in [6.45, 7) is 1.39. The van der Waals surface area contributed by atoms with Crippen LogP contribution in [0.15, 0.2) is 0 Å². The number of Topliss-reactive ketones (excluding diaryl/α,β-unsaturated/α-hetero) is 1. The molecule has 0 spiro atoms. The van der Waals surface area contributed by atoms with Crippen LogP contribution in [0.1, 0.15) is 12.8 Å². The van der Waals surface area contributed by atoms with Gasteiger partial charge in [-0.1, -0.05) is 0 Å². The largest absolute Gasteiger partial charge is 0.480 e. The van der Waals surface area contributed by atoms with E-state index in [-0.39, 0.29) is 24.7 Å². The van der Waals surface area contributed by atoms with E-state index in [1.165, 1.54) is 0 Å². The van der Waals surface area contributed by atoms with Gasteiger partial charge in [-0.15, -0.1) is 0 Å². The van der Waals surface area contributed by atoms with E-state index in [0.29, 0.717) is 26.0 Å². The van der Waals surface area contributed by atoms with Crippen LogP contribution >= 0.6 is 0 Å². The van der Waals surface area contributed by atoms with E-state index in [1.54, 1.807) is 0 Å². The third kappa shape index (κ3) is 3.76. The molecule has 120 valence electrons. The molecule has 0 aliphatic carbocycles. The molecule has 4 atom stereocenters. The molecule has 2 heterocycles. The zero-order chi connectivity index (χ0) is 16.1. The zero-order valence-corrected chi connectivity index (χ0v) is 11.8. The molecular formula is C13H17N3O6. The fraction of sp³-hybridized carbons (Fsp3) is 0.692. The first-order chi connectivity index (χ1) is 10.5. The maximum Gasteiger partial charge on any atom is 0.326 e. The minimum absolute atomic E-state index is 0.0578. The van der Waals surface area contributed by atoms with Crippen molar-refractivity contribution < 1.29 is 33.8 Å². The normalized spacial score (nSPS) is 27.5. The highest BCUT2D eigenvalue weighted by Gasteiger charge is 2.45. The fourth-order valence-electron chi connectivity index (χ4n) is 2.67. The number of aliphatic carboxylic acids is 1. The lowest BCUT2D eigenvalue weighted by Crippen LogP contribution is -2.47. The summed E-state index contributed by atoms with van der Waals surface area (Å²) in [6.07, 6.45) is -0.268. The van der Waals surface area contributed by atoms with Crippen LogP contribution in [0.2, 0.25) is 0 Å². The number of amides is 1. The number of nitrogens with one attached hydrogen (secondary N) is 1. The van der Waals surface area contributed by atoms with Crippen LogP contribution in [-0.4, -0.2) is 65.7 Å². The standard InChI is InChI=1S/C13H17N3O6/c14-15-3-8(17)1-2-10(13(19)20)16-12(18)11-9-6-21-4-7(9)5-22-11/h3,7,9-11H,1-2,4-6H2,(H,16,18)(H,19,20)/t7?,9?,10?,11-/m1/s1. The molecule has 1 amide bonds. The highest BCUT2D eigenvalue weighted by atomic mass is 16.5. The smallest absolute Gasteiger partial charge is 0.326 e. The van der Waals surface area contributed by atoms with Gasteiger partial charge >= 0.3 is 12.2 Å². The molecule has 2 fully saturated rings. The average Bonchev–Trinajstić information content (AvgIpc) is 3.05. The van der Waals surface area contributed by atoms with Gasteiger partial charge in [0.05, 0.1) is 19.8 Å². The summed E-state index contributed by atoms with van der Waals surface area (Å²) in [4.78, 5) is 37.1. The van der Waals surface area contributed by atoms with Gasteiger partial charge in [-0.2, -0.15) is 4.79 Å². The molecule has 0 aromatic heterocycles. The Kier molecular flexibility index (Phi) is 5.37. The van der Waals surface area contributed by atoms with Gasteiger partial charge in [-0.25, -0.2) is 4.79 Å². The predicted octanol–water partition coefficient (Wildman–Crippen LogP) is -1.13.